The molecule has 3 unspecified atom stereocenters. The number of likely N-dealkylation sites (tertiary alicyclic amines) is 1. The second-order valence-corrected chi connectivity index (χ2v) is 7.75. The largest absolute Gasteiger partial charge is 0.464 e. The highest BCUT2D eigenvalue weighted by atomic mass is 32.1. The SMILES string of the molecule is CC1CC=CCC1COC(=O)C1CCCCN1C(=O)c1cccs1. The number of carbonyl (C=O) groups is 2. The van der Waals surface area contributed by atoms with Crippen molar-refractivity contribution in [1.29, 1.82) is 0 Å². The zero-order valence-electron chi connectivity index (χ0n) is 14.1. The van der Waals surface area contributed by atoms with Gasteiger partial charge >= 0.3 is 5.97 Å². The van der Waals surface area contributed by atoms with Crippen molar-refractivity contribution in [2.24, 2.45) is 11.8 Å². The molecule has 3 rings (SSSR count). The maximum absolute atomic E-state index is 12.7. The molecule has 5 heteroatoms. The fraction of sp³-hybridized carbons (Fsp3) is 0.579. The van der Waals surface area contributed by atoms with E-state index in [0.29, 0.717) is 36.3 Å². The molecule has 2 aliphatic rings. The predicted octanol–water partition coefficient (Wildman–Crippen LogP) is 3.89. The highest BCUT2D eigenvalue weighted by molar-refractivity contribution is 7.12. The highest BCUT2D eigenvalue weighted by Gasteiger charge is 2.34. The molecule has 1 amide bonds. The summed E-state index contributed by atoms with van der Waals surface area (Å²) in [6, 6.07) is 3.26. The summed E-state index contributed by atoms with van der Waals surface area (Å²) in [5, 5.41) is 1.89. The van der Waals surface area contributed by atoms with Gasteiger partial charge in [-0.05, 0) is 55.4 Å². The van der Waals surface area contributed by atoms with E-state index in [1.54, 1.807) is 4.90 Å². The van der Waals surface area contributed by atoms with E-state index in [9.17, 15) is 9.59 Å². The van der Waals surface area contributed by atoms with Gasteiger partial charge in [0, 0.05) is 6.54 Å². The number of hydrogen-bond acceptors (Lipinski definition) is 4. The topological polar surface area (TPSA) is 46.6 Å². The number of piperidine rings is 1. The first-order chi connectivity index (χ1) is 11.7. The summed E-state index contributed by atoms with van der Waals surface area (Å²) < 4.78 is 5.63. The fourth-order valence-electron chi connectivity index (χ4n) is 3.49. The van der Waals surface area contributed by atoms with E-state index < -0.39 is 6.04 Å². The predicted molar refractivity (Wildman–Crippen MR) is 95.0 cm³/mol. The molecule has 130 valence electrons. The molecule has 1 aliphatic heterocycles. The maximum Gasteiger partial charge on any atom is 0.328 e. The number of allylic oxidation sites excluding steroid dienone is 2. The number of thiophene rings is 1. The Bertz CT molecular complexity index is 596. The van der Waals surface area contributed by atoms with E-state index in [1.807, 2.05) is 17.5 Å². The molecule has 1 aromatic rings. The van der Waals surface area contributed by atoms with Crippen LogP contribution in [0.4, 0.5) is 0 Å². The number of esters is 1. The molecule has 0 aromatic carbocycles. The average molecular weight is 347 g/mol. The summed E-state index contributed by atoms with van der Waals surface area (Å²) in [6.45, 7) is 3.30. The van der Waals surface area contributed by atoms with Crippen LogP contribution in [0.25, 0.3) is 0 Å². The van der Waals surface area contributed by atoms with Gasteiger partial charge in [0.2, 0.25) is 0 Å². The third kappa shape index (κ3) is 3.89. The zero-order chi connectivity index (χ0) is 16.9. The first-order valence-corrected chi connectivity index (χ1v) is 9.71. The summed E-state index contributed by atoms with van der Waals surface area (Å²) in [5.74, 6) is 0.656. The summed E-state index contributed by atoms with van der Waals surface area (Å²) >= 11 is 1.42. The third-order valence-electron chi connectivity index (χ3n) is 5.13. The van der Waals surface area contributed by atoms with Gasteiger partial charge in [-0.25, -0.2) is 4.79 Å². The Morgan fingerprint density at radius 3 is 2.88 bits per heavy atom. The molecule has 1 saturated heterocycles. The summed E-state index contributed by atoms with van der Waals surface area (Å²) in [4.78, 5) is 27.7. The molecule has 1 fully saturated rings. The van der Waals surface area contributed by atoms with Crippen LogP contribution < -0.4 is 0 Å². The second-order valence-electron chi connectivity index (χ2n) is 6.80. The van der Waals surface area contributed by atoms with Crippen LogP contribution in [0.1, 0.15) is 48.7 Å². The molecule has 0 radical (unpaired) electrons. The minimum absolute atomic E-state index is 0.0411. The van der Waals surface area contributed by atoms with Gasteiger partial charge in [0.05, 0.1) is 11.5 Å². The van der Waals surface area contributed by atoms with Gasteiger partial charge < -0.3 is 9.64 Å². The Morgan fingerprint density at radius 1 is 1.29 bits per heavy atom. The second kappa shape index (κ2) is 7.97. The van der Waals surface area contributed by atoms with E-state index in [-0.39, 0.29) is 11.9 Å². The Labute approximate surface area is 147 Å². The Morgan fingerprint density at radius 2 is 2.12 bits per heavy atom. The molecule has 0 saturated carbocycles. The lowest BCUT2D eigenvalue weighted by Crippen LogP contribution is -2.48. The van der Waals surface area contributed by atoms with Crippen molar-refractivity contribution in [3.8, 4) is 0 Å². The van der Waals surface area contributed by atoms with Crippen LogP contribution >= 0.6 is 11.3 Å². The fourth-order valence-corrected chi connectivity index (χ4v) is 4.16. The number of amides is 1. The van der Waals surface area contributed by atoms with Crippen molar-refractivity contribution >= 4 is 23.2 Å². The van der Waals surface area contributed by atoms with Crippen molar-refractivity contribution in [3.05, 3.63) is 34.5 Å². The van der Waals surface area contributed by atoms with Crippen molar-refractivity contribution in [2.75, 3.05) is 13.2 Å². The Kier molecular flexibility index (Phi) is 5.72. The molecule has 0 bridgehead atoms. The van der Waals surface area contributed by atoms with Crippen LogP contribution in [0.15, 0.2) is 29.7 Å². The number of nitrogens with zero attached hydrogens (tertiary/aromatic N) is 1. The minimum Gasteiger partial charge on any atom is -0.464 e. The third-order valence-corrected chi connectivity index (χ3v) is 5.98. The van der Waals surface area contributed by atoms with E-state index >= 15 is 0 Å². The lowest BCUT2D eigenvalue weighted by atomic mass is 9.85. The van der Waals surface area contributed by atoms with Crippen LogP contribution in [-0.2, 0) is 9.53 Å². The molecule has 2 heterocycles. The van der Waals surface area contributed by atoms with Gasteiger partial charge in [0.15, 0.2) is 0 Å². The van der Waals surface area contributed by atoms with Gasteiger partial charge in [-0.2, -0.15) is 0 Å². The maximum atomic E-state index is 12.7. The first kappa shape index (κ1) is 17.2. The quantitative estimate of drug-likeness (QED) is 0.613. The van der Waals surface area contributed by atoms with E-state index in [4.69, 9.17) is 4.74 Å². The van der Waals surface area contributed by atoms with Crippen molar-refractivity contribution in [3.63, 3.8) is 0 Å². The van der Waals surface area contributed by atoms with Crippen molar-refractivity contribution in [1.82, 2.24) is 4.90 Å². The average Bonchev–Trinajstić information content (AvgIpc) is 3.15. The van der Waals surface area contributed by atoms with Gasteiger partial charge in [0.25, 0.3) is 5.91 Å². The lowest BCUT2D eigenvalue weighted by molar-refractivity contribution is -0.152. The van der Waals surface area contributed by atoms with Gasteiger partial charge in [-0.15, -0.1) is 11.3 Å². The van der Waals surface area contributed by atoms with Gasteiger partial charge in [0.1, 0.15) is 6.04 Å². The monoisotopic (exact) mass is 347 g/mol. The van der Waals surface area contributed by atoms with Crippen LogP contribution in [0.2, 0.25) is 0 Å². The smallest absolute Gasteiger partial charge is 0.328 e. The standard InChI is InChI=1S/C19H25NO3S/c1-14-7-2-3-8-15(14)13-23-19(22)16-9-4-5-11-20(16)18(21)17-10-6-12-24-17/h2-3,6,10,12,14-16H,4-5,7-9,11,13H2,1H3. The molecule has 3 atom stereocenters. The van der Waals surface area contributed by atoms with Crippen molar-refractivity contribution in [2.45, 2.75) is 45.1 Å². The zero-order valence-corrected chi connectivity index (χ0v) is 15.0. The number of rotatable bonds is 4. The summed E-state index contributed by atoms with van der Waals surface area (Å²) in [6.07, 6.45) is 9.01. The minimum atomic E-state index is -0.428. The lowest BCUT2D eigenvalue weighted by Gasteiger charge is -2.34. The molecule has 1 aliphatic carbocycles. The first-order valence-electron chi connectivity index (χ1n) is 8.83. The van der Waals surface area contributed by atoms with E-state index in [2.05, 4.69) is 19.1 Å². The molecule has 0 spiro atoms. The Balaban J connectivity index is 1.61. The van der Waals surface area contributed by atoms with Crippen LogP contribution in [0, 0.1) is 11.8 Å². The van der Waals surface area contributed by atoms with E-state index in [1.165, 1.54) is 11.3 Å². The van der Waals surface area contributed by atoms with Crippen molar-refractivity contribution < 1.29 is 14.3 Å². The Hall–Kier alpha value is -1.62. The summed E-state index contributed by atoms with van der Waals surface area (Å²) in [7, 11) is 0. The molecule has 0 N–H and O–H groups in total. The molecule has 4 nitrogen and oxygen atoms in total. The molecule has 24 heavy (non-hydrogen) atoms. The van der Waals surface area contributed by atoms with Crippen LogP contribution in [0.5, 0.6) is 0 Å². The molecular weight excluding hydrogens is 322 g/mol. The molecule has 1 aromatic heterocycles. The van der Waals surface area contributed by atoms with Crippen LogP contribution in [0.3, 0.4) is 0 Å². The van der Waals surface area contributed by atoms with Gasteiger partial charge in [-0.3, -0.25) is 4.79 Å². The van der Waals surface area contributed by atoms with E-state index in [0.717, 1.165) is 25.7 Å². The molecular formula is C19H25NO3S. The summed E-state index contributed by atoms with van der Waals surface area (Å²) in [5.41, 5.74) is 0. The highest BCUT2D eigenvalue weighted by Crippen LogP contribution is 2.26. The number of ether oxygens (including phenoxy) is 1. The number of hydrogen-bond donors (Lipinski definition) is 0. The van der Waals surface area contributed by atoms with Crippen LogP contribution in [-0.4, -0.2) is 36.0 Å². The number of carbonyl (C=O) groups excluding carboxylic acids is 2. The van der Waals surface area contributed by atoms with Gasteiger partial charge in [-0.1, -0.05) is 25.1 Å². The normalized spacial score (nSPS) is 27.0.